The van der Waals surface area contributed by atoms with Crippen molar-refractivity contribution in [3.63, 3.8) is 0 Å². The quantitative estimate of drug-likeness (QED) is 0.113. The molecule has 0 unspecified atom stereocenters. The van der Waals surface area contributed by atoms with E-state index in [1.165, 1.54) is 68.8 Å². The number of aromatic hydroxyl groups is 1. The van der Waals surface area contributed by atoms with Crippen LogP contribution in [0.15, 0.2) is 24.3 Å². The fourth-order valence-electron chi connectivity index (χ4n) is 11.6. The molecule has 5 heterocycles. The second-order valence-electron chi connectivity index (χ2n) is 23.1. The van der Waals surface area contributed by atoms with Gasteiger partial charge in [0.15, 0.2) is 12.6 Å². The highest BCUT2D eigenvalue weighted by Crippen LogP contribution is 2.51. The first-order valence-corrected chi connectivity index (χ1v) is 27.1. The molecule has 0 radical (unpaired) electrons. The molecule has 0 bridgehead atoms. The van der Waals surface area contributed by atoms with Crippen LogP contribution in [0.2, 0.25) is 0 Å². The number of fused-ring (bicyclic) bond motifs is 1. The van der Waals surface area contributed by atoms with E-state index >= 15 is 0 Å². The maximum Gasteiger partial charge on any atom is 0.327 e. The number of carbonyl (C=O) groups excluding carboxylic acids is 4. The summed E-state index contributed by atoms with van der Waals surface area (Å²) < 4.78 is 36.4. The average Bonchev–Trinajstić information content (AvgIpc) is 3.61. The van der Waals surface area contributed by atoms with Crippen molar-refractivity contribution in [2.24, 2.45) is 29.4 Å². The monoisotopic (exact) mass is 1100 g/mol. The van der Waals surface area contributed by atoms with Crippen molar-refractivity contribution in [3.8, 4) is 5.75 Å². The number of aliphatic hydroxyl groups excluding tert-OH is 3. The molecule has 5 saturated heterocycles. The highest BCUT2D eigenvalue weighted by Gasteiger charge is 2.64. The first-order valence-electron chi connectivity index (χ1n) is 26.2. The first-order chi connectivity index (χ1) is 35.1. The number of methoxy groups -OCH3 is 1. The van der Waals surface area contributed by atoms with Crippen LogP contribution in [0.4, 0.5) is 0 Å². The van der Waals surface area contributed by atoms with Gasteiger partial charge in [0.05, 0.1) is 47.6 Å². The van der Waals surface area contributed by atoms with Gasteiger partial charge in [-0.25, -0.2) is 4.79 Å². The van der Waals surface area contributed by atoms with Crippen molar-refractivity contribution in [3.05, 3.63) is 29.8 Å². The van der Waals surface area contributed by atoms with Crippen LogP contribution >= 0.6 is 11.8 Å². The number of ether oxygens (including phenoxy) is 6. The number of carbonyl (C=O) groups is 5. The lowest BCUT2D eigenvalue weighted by Gasteiger charge is -2.49. The maximum absolute atomic E-state index is 14.1. The molecule has 2 amide bonds. The van der Waals surface area contributed by atoms with Gasteiger partial charge in [0.25, 0.3) is 0 Å². The number of nitrogens with two attached hydrogens (primary N) is 1. The number of Topliss-reactive ketones (excluding diaryl/α,β-unsaturated/α-hetero) is 1. The van der Waals surface area contributed by atoms with Gasteiger partial charge in [0.1, 0.15) is 58.9 Å². The number of phenols is 1. The molecule has 76 heavy (non-hydrogen) atoms. The molecule has 1 aromatic rings. The SMILES string of the molecule is CC1(C)S[C@@H]2[C@H](NC(=O)[C@H](N)c3ccc(O)cc3)C(=O)N2[C@H]1C(=O)O.CC[C@H]1OC(=O)[C@H](C)[C@@H](O[C@H]2C[C@@](C)(OC)[C@@H](O)[C@H](C)O2)[C@H](C)[C@@H](O[C@@H]2O[C@H](C)C[C@H](N(C)C)[C@H]2O)[C@](C)(O)C[C@@H](C)C(=O)[C@H](C)[C@@H](O)[C@]1(C)O. The number of nitrogens with one attached hydrogen (secondary N) is 1. The summed E-state index contributed by atoms with van der Waals surface area (Å²) in [4.78, 5) is 67.2. The van der Waals surface area contributed by atoms with Crippen molar-refractivity contribution >= 4 is 41.3 Å². The van der Waals surface area contributed by atoms with Crippen LogP contribution in [0, 0.1) is 23.7 Å². The van der Waals surface area contributed by atoms with Crippen LogP contribution in [-0.2, 0) is 52.4 Å². The number of thioether (sulfide) groups is 1. The van der Waals surface area contributed by atoms with Crippen molar-refractivity contribution in [1.82, 2.24) is 15.1 Å². The van der Waals surface area contributed by atoms with Gasteiger partial charge in [-0.2, -0.15) is 0 Å². The third-order valence-corrected chi connectivity index (χ3v) is 17.9. The summed E-state index contributed by atoms with van der Waals surface area (Å²) in [6.07, 6.45) is -9.71. The number of hydrogen-bond donors (Lipinski definition) is 9. The number of phenolic OH excluding ortho intramolecular Hbond substituents is 1. The van der Waals surface area contributed by atoms with Gasteiger partial charge in [0.2, 0.25) is 11.8 Å². The predicted molar refractivity (Wildman–Crippen MR) is 277 cm³/mol. The Hall–Kier alpha value is -3.56. The number of ketones is 1. The van der Waals surface area contributed by atoms with E-state index in [-0.39, 0.29) is 37.2 Å². The summed E-state index contributed by atoms with van der Waals surface area (Å²) in [5, 5.41) is 78.5. The topological polar surface area (TPSA) is 327 Å². The number of carboxylic acids is 1. The minimum Gasteiger partial charge on any atom is -0.508 e. The average molecular weight is 1100 g/mol. The number of β-lactam (4-membered cyclic amide) rings is 1. The van der Waals surface area contributed by atoms with E-state index in [0.29, 0.717) is 12.0 Å². The van der Waals surface area contributed by atoms with E-state index in [1.54, 1.807) is 55.4 Å². The Kier molecular flexibility index (Phi) is 20.3. The molecule has 0 spiro atoms. The van der Waals surface area contributed by atoms with E-state index in [0.717, 1.165) is 0 Å². The summed E-state index contributed by atoms with van der Waals surface area (Å²) in [5.41, 5.74) is 1.57. The minimum atomic E-state index is -1.99. The van der Waals surface area contributed by atoms with Gasteiger partial charge < -0.3 is 85.0 Å². The number of amides is 2. The number of likely N-dealkylation sites (N-methyl/N-ethyl adjacent to an activating group) is 1. The summed E-state index contributed by atoms with van der Waals surface area (Å²) in [6.45, 7) is 19.9. The predicted octanol–water partition coefficient (Wildman–Crippen LogP) is 1.81. The van der Waals surface area contributed by atoms with Gasteiger partial charge in [0, 0.05) is 42.1 Å². The largest absolute Gasteiger partial charge is 0.508 e. The molecule has 1 aromatic carbocycles. The first kappa shape index (κ1) is 63.3. The van der Waals surface area contributed by atoms with Crippen molar-refractivity contribution < 1.29 is 88.1 Å². The van der Waals surface area contributed by atoms with E-state index in [4.69, 9.17) is 34.2 Å². The molecular formula is C53H86N4O18S. The summed E-state index contributed by atoms with van der Waals surface area (Å²) >= 11 is 1.35. The third kappa shape index (κ3) is 13.2. The zero-order chi connectivity index (χ0) is 57.5. The Morgan fingerprint density at radius 2 is 1.53 bits per heavy atom. The molecule has 10 N–H and O–H groups in total. The Bertz CT molecular complexity index is 2200. The van der Waals surface area contributed by atoms with Gasteiger partial charge in [-0.1, -0.05) is 39.8 Å². The molecule has 22 atom stereocenters. The van der Waals surface area contributed by atoms with Crippen LogP contribution in [-0.4, -0.2) is 203 Å². The van der Waals surface area contributed by atoms with Crippen LogP contribution in [0.1, 0.15) is 120 Å². The second kappa shape index (κ2) is 24.4. The standard InChI is InChI=1S/C37H67NO13.C16H19N3O5S/c1-14-25-37(10,45)30(41)20(4)27(39)18(2)16-35(8,44)32(51-34-28(40)24(38(11)12)15-19(3)47-34)21(5)29(22(6)33(43)49-25)50-26-17-36(9,46-13)31(42)23(7)48-26;1-16(2)11(15(23)24)19-13(22)10(14(19)25-16)18-12(21)9(17)7-3-5-8(20)6-4-7/h18-26,28-32,34,40-42,44-45H,14-17H2,1-13H3;3-6,9-11,14,20H,17H2,1-2H3,(H,18,21)(H,23,24)/t18-,19-,20+,21+,22-,23+,24+,25-,26+,28-,29+,30-,31+,32-,34+,35-,36-,37-;9-,10-,11+,14-/m11/s1. The molecule has 0 aromatic heterocycles. The number of aliphatic hydroxyl groups is 5. The van der Waals surface area contributed by atoms with Crippen LogP contribution in [0.3, 0.4) is 0 Å². The van der Waals surface area contributed by atoms with Crippen LogP contribution in [0.25, 0.3) is 0 Å². The lowest BCUT2D eigenvalue weighted by Crippen LogP contribution is -2.71. The van der Waals surface area contributed by atoms with Crippen molar-refractivity contribution in [1.29, 1.82) is 0 Å². The molecule has 22 nitrogen and oxygen atoms in total. The Balaban J connectivity index is 0.000000353. The second-order valence-corrected chi connectivity index (χ2v) is 24.9. The summed E-state index contributed by atoms with van der Waals surface area (Å²) in [7, 11) is 5.18. The molecule has 0 saturated carbocycles. The molecule has 5 fully saturated rings. The molecule has 6 rings (SSSR count). The number of rotatable bonds is 11. The molecular weight excluding hydrogens is 1010 g/mol. The summed E-state index contributed by atoms with van der Waals surface area (Å²) in [5.74, 6) is -6.91. The number of carboxylic acid groups (broad SMARTS) is 1. The molecule has 5 aliphatic heterocycles. The third-order valence-electron chi connectivity index (χ3n) is 16.3. The number of cyclic esters (lactones) is 1. The van der Waals surface area contributed by atoms with Gasteiger partial charge in [-0.3, -0.25) is 19.2 Å². The molecule has 432 valence electrons. The number of esters is 1. The van der Waals surface area contributed by atoms with Crippen molar-refractivity contribution in [2.75, 3.05) is 21.2 Å². The van der Waals surface area contributed by atoms with E-state index in [2.05, 4.69) is 5.32 Å². The highest BCUT2D eigenvalue weighted by atomic mass is 32.2. The molecule has 0 aliphatic carbocycles. The Labute approximate surface area is 450 Å². The maximum atomic E-state index is 14.1. The van der Waals surface area contributed by atoms with Gasteiger partial charge in [-0.15, -0.1) is 11.8 Å². The van der Waals surface area contributed by atoms with Crippen LogP contribution < -0.4 is 11.1 Å². The fourth-order valence-corrected chi connectivity index (χ4v) is 13.3. The minimum absolute atomic E-state index is 0.0606. The zero-order valence-corrected chi connectivity index (χ0v) is 47.4. The lowest BCUT2D eigenvalue weighted by atomic mass is 9.74. The number of hydrogen-bond acceptors (Lipinski definition) is 20. The zero-order valence-electron chi connectivity index (χ0n) is 46.6. The normalized spacial score (nSPS) is 42.6. The summed E-state index contributed by atoms with van der Waals surface area (Å²) in [6, 6.07) is 2.88. The van der Waals surface area contributed by atoms with Crippen LogP contribution in [0.5, 0.6) is 5.75 Å². The number of benzene rings is 1. The van der Waals surface area contributed by atoms with Crippen molar-refractivity contribution in [2.45, 2.75) is 221 Å². The van der Waals surface area contributed by atoms with E-state index in [9.17, 15) is 59.7 Å². The van der Waals surface area contributed by atoms with E-state index < -0.39 is 154 Å². The Morgan fingerprint density at radius 1 is 0.921 bits per heavy atom. The molecule has 5 aliphatic rings. The lowest BCUT2D eigenvalue weighted by molar-refractivity contribution is -0.318. The van der Waals surface area contributed by atoms with Gasteiger partial charge in [-0.05, 0) is 106 Å². The van der Waals surface area contributed by atoms with Gasteiger partial charge >= 0.3 is 11.9 Å². The molecule has 23 heteroatoms. The Morgan fingerprint density at radius 3 is 2.08 bits per heavy atom. The number of aliphatic carboxylic acids is 1. The fraction of sp³-hybridized carbons (Fsp3) is 0.792. The highest BCUT2D eigenvalue weighted by molar-refractivity contribution is 8.01. The van der Waals surface area contributed by atoms with E-state index in [1.807, 2.05) is 25.9 Å². The number of nitrogens with zero attached hydrogens (tertiary/aromatic N) is 2. The smallest absolute Gasteiger partial charge is 0.327 e.